The minimum absolute atomic E-state index is 0.488. The molecule has 0 spiro atoms. The van der Waals surface area contributed by atoms with Crippen LogP contribution in [0.5, 0.6) is 0 Å². The van der Waals surface area contributed by atoms with Crippen LogP contribution in [0, 0.1) is 0 Å². The summed E-state index contributed by atoms with van der Waals surface area (Å²) < 4.78 is 28.6. The topological polar surface area (TPSA) is 329 Å². The van der Waals surface area contributed by atoms with E-state index in [-0.39, 0.29) is 0 Å². The maximum absolute atomic E-state index is 11.3. The summed E-state index contributed by atoms with van der Waals surface area (Å²) in [7, 11) is 2.61. The fourth-order valence-corrected chi connectivity index (χ4v) is 5.15. The van der Waals surface area contributed by atoms with Crippen LogP contribution in [-0.4, -0.2) is 160 Å². The molecule has 0 amide bonds. The van der Waals surface area contributed by atoms with Crippen LogP contribution >= 0.6 is 0 Å². The summed E-state index contributed by atoms with van der Waals surface area (Å²) in [5.74, 6) is -3.23. The van der Waals surface area contributed by atoms with Crippen molar-refractivity contribution < 1.29 is 59.4 Å². The molecule has 3 rings (SSSR count). The second-order valence-electron chi connectivity index (χ2n) is 9.84. The Balaban J connectivity index is 1.97. The Bertz CT molecular complexity index is 911. The van der Waals surface area contributed by atoms with Gasteiger partial charge in [-0.3, -0.25) is 0 Å². The number of nitrogens with two attached hydrogens (primary N) is 4. The standard InChI is InChI=1S/C21H41N7O12/c1-5-21(35,36-3)16(18(37-5)40-17-9(26-2)13(33)10(30)6(4-29)38-17)39-15-8(28-20(24)25)11(31)7(27-19(22)23)12(32)14(15)34/h5-18,26,29-35H,4H2,1-3H3,(H4,22,23,27)(H4,24,25,28)/t5-,6+,7+,8-,9-,10-,11+,12+,13+,14+,15-,16-,17-,18+,21+/m0/s1. The molecule has 2 saturated heterocycles. The minimum atomic E-state index is -2.24. The Morgan fingerprint density at radius 2 is 1.45 bits per heavy atom. The van der Waals surface area contributed by atoms with E-state index in [9.17, 15) is 35.7 Å². The molecule has 0 aromatic rings. The van der Waals surface area contributed by atoms with Gasteiger partial charge < -0.3 is 87.7 Å². The van der Waals surface area contributed by atoms with E-state index in [0.717, 1.165) is 7.11 Å². The van der Waals surface area contributed by atoms with Gasteiger partial charge in [-0.05, 0) is 14.0 Å². The number of aliphatic hydroxyl groups is 7. The van der Waals surface area contributed by atoms with E-state index in [0.29, 0.717) is 0 Å². The summed E-state index contributed by atoms with van der Waals surface area (Å²) in [4.78, 5) is 7.69. The Labute approximate surface area is 229 Å². The van der Waals surface area contributed by atoms with E-state index >= 15 is 0 Å². The number of nitrogens with one attached hydrogen (secondary N) is 1. The molecule has 15 atom stereocenters. The molecule has 0 bridgehead atoms. The van der Waals surface area contributed by atoms with Crippen LogP contribution in [0.25, 0.3) is 0 Å². The van der Waals surface area contributed by atoms with E-state index in [1.165, 1.54) is 14.0 Å². The number of hydrogen-bond acceptors (Lipinski definition) is 15. The van der Waals surface area contributed by atoms with Crippen LogP contribution in [-0.2, 0) is 23.7 Å². The van der Waals surface area contributed by atoms with Gasteiger partial charge >= 0.3 is 0 Å². The van der Waals surface area contributed by atoms with Gasteiger partial charge in [-0.25, -0.2) is 9.98 Å². The van der Waals surface area contributed by atoms with E-state index in [1.807, 2.05) is 0 Å². The Kier molecular flexibility index (Phi) is 10.5. The van der Waals surface area contributed by atoms with Crippen LogP contribution in [0.1, 0.15) is 6.92 Å². The van der Waals surface area contributed by atoms with E-state index < -0.39 is 110 Å². The predicted octanol–water partition coefficient (Wildman–Crippen LogP) is -7.76. The second kappa shape index (κ2) is 12.9. The summed E-state index contributed by atoms with van der Waals surface area (Å²) >= 11 is 0. The minimum Gasteiger partial charge on any atom is -0.394 e. The maximum atomic E-state index is 11.3. The monoisotopic (exact) mass is 583 g/mol. The van der Waals surface area contributed by atoms with Crippen LogP contribution < -0.4 is 28.3 Å². The Morgan fingerprint density at radius 3 is 1.98 bits per heavy atom. The highest BCUT2D eigenvalue weighted by Crippen LogP contribution is 2.39. The summed E-state index contributed by atoms with van der Waals surface area (Å²) in [6.07, 6.45) is -16.7. The highest BCUT2D eigenvalue weighted by atomic mass is 16.8. The van der Waals surface area contributed by atoms with Crippen LogP contribution in [0.4, 0.5) is 0 Å². The van der Waals surface area contributed by atoms with Crippen molar-refractivity contribution in [3.63, 3.8) is 0 Å². The van der Waals surface area contributed by atoms with Crippen molar-refractivity contribution in [2.24, 2.45) is 32.9 Å². The molecule has 3 fully saturated rings. The molecule has 19 nitrogen and oxygen atoms in total. The number of aliphatic imine (C=N–C) groups is 2. The van der Waals surface area contributed by atoms with E-state index in [2.05, 4.69) is 15.3 Å². The molecule has 16 N–H and O–H groups in total. The quantitative estimate of drug-likeness (QED) is 0.0680. The number of likely N-dealkylation sites (N-methyl/N-ethyl adjacent to an activating group) is 1. The number of aliphatic hydroxyl groups excluding tert-OH is 6. The zero-order valence-corrected chi connectivity index (χ0v) is 22.2. The summed E-state index contributed by atoms with van der Waals surface area (Å²) in [5.41, 5.74) is 21.9. The molecular weight excluding hydrogens is 542 g/mol. The molecule has 2 aliphatic heterocycles. The molecule has 19 heteroatoms. The largest absolute Gasteiger partial charge is 0.394 e. The van der Waals surface area contributed by atoms with Crippen molar-refractivity contribution in [2.45, 2.75) is 98.4 Å². The number of methoxy groups -OCH3 is 1. The van der Waals surface area contributed by atoms with Gasteiger partial charge in [-0.1, -0.05) is 0 Å². The van der Waals surface area contributed by atoms with Gasteiger partial charge in [0.1, 0.15) is 60.9 Å². The number of rotatable bonds is 9. The first-order chi connectivity index (χ1) is 18.7. The van der Waals surface area contributed by atoms with Gasteiger partial charge in [0, 0.05) is 7.11 Å². The number of nitrogens with zero attached hydrogens (tertiary/aromatic N) is 2. The van der Waals surface area contributed by atoms with Crippen molar-refractivity contribution in [2.75, 3.05) is 20.8 Å². The lowest BCUT2D eigenvalue weighted by Gasteiger charge is -2.46. The van der Waals surface area contributed by atoms with Crippen molar-refractivity contribution >= 4 is 11.9 Å². The van der Waals surface area contributed by atoms with Gasteiger partial charge in [-0.15, -0.1) is 0 Å². The SMILES string of the molecule is CN[C@@H]1[C@H](O[C@H]2O[C@@H](C)[C@@](O)(OC)[C@H]2O[C@@H]2[C@H](O)[C@H](O)[C@H](N=C(N)N)[C@@H](O)[C@@H]2N=C(N)N)O[C@H](CO)[C@H](O)[C@@H]1O. The third-order valence-electron chi connectivity index (χ3n) is 7.36. The number of guanidine groups is 2. The Morgan fingerprint density at radius 1 is 0.850 bits per heavy atom. The molecule has 40 heavy (non-hydrogen) atoms. The third-order valence-corrected chi connectivity index (χ3v) is 7.36. The second-order valence-corrected chi connectivity index (χ2v) is 9.84. The molecule has 1 aliphatic carbocycles. The normalized spacial score (nSPS) is 47.5. The van der Waals surface area contributed by atoms with E-state index in [4.69, 9.17) is 46.6 Å². The molecule has 0 aromatic carbocycles. The summed E-state index contributed by atoms with van der Waals surface area (Å²) in [5, 5.41) is 77.1. The first-order valence-electron chi connectivity index (χ1n) is 12.5. The molecule has 1 saturated carbocycles. The Hall–Kier alpha value is -1.98. The average molecular weight is 584 g/mol. The first-order valence-corrected chi connectivity index (χ1v) is 12.5. The molecular formula is C21H41N7O12. The van der Waals surface area contributed by atoms with Gasteiger partial charge in [0.15, 0.2) is 30.6 Å². The molecule has 232 valence electrons. The fraction of sp³-hybridized carbons (Fsp3) is 0.905. The van der Waals surface area contributed by atoms with Crippen LogP contribution in [0.2, 0.25) is 0 Å². The molecule has 0 unspecified atom stereocenters. The van der Waals surface area contributed by atoms with Crippen LogP contribution in [0.3, 0.4) is 0 Å². The third kappa shape index (κ3) is 6.11. The number of hydrogen-bond donors (Lipinski definition) is 12. The predicted molar refractivity (Wildman–Crippen MR) is 134 cm³/mol. The molecule has 0 aromatic heterocycles. The van der Waals surface area contributed by atoms with Crippen molar-refractivity contribution in [1.82, 2.24) is 5.32 Å². The van der Waals surface area contributed by atoms with Crippen LogP contribution in [0.15, 0.2) is 9.98 Å². The fourth-order valence-electron chi connectivity index (χ4n) is 5.15. The van der Waals surface area contributed by atoms with Gasteiger partial charge in [0.2, 0.25) is 5.79 Å². The van der Waals surface area contributed by atoms with Gasteiger partial charge in [0.25, 0.3) is 0 Å². The van der Waals surface area contributed by atoms with Gasteiger partial charge in [0.05, 0.1) is 12.6 Å². The maximum Gasteiger partial charge on any atom is 0.224 e. The zero-order valence-electron chi connectivity index (χ0n) is 22.2. The first kappa shape index (κ1) is 32.5. The summed E-state index contributed by atoms with van der Waals surface area (Å²) in [6.45, 7) is 0.776. The van der Waals surface area contributed by atoms with E-state index in [1.54, 1.807) is 0 Å². The lowest BCUT2D eigenvalue weighted by molar-refractivity contribution is -0.331. The smallest absolute Gasteiger partial charge is 0.224 e. The molecule has 2 heterocycles. The average Bonchev–Trinajstić information content (AvgIpc) is 3.13. The van der Waals surface area contributed by atoms with Crippen molar-refractivity contribution in [3.05, 3.63) is 0 Å². The summed E-state index contributed by atoms with van der Waals surface area (Å²) in [6, 6.07) is -3.96. The van der Waals surface area contributed by atoms with Gasteiger partial charge in [-0.2, -0.15) is 0 Å². The molecule has 3 aliphatic rings. The highest BCUT2D eigenvalue weighted by Gasteiger charge is 2.61. The zero-order chi connectivity index (χ0) is 30.1. The number of ether oxygens (including phenoxy) is 5. The lowest BCUT2D eigenvalue weighted by atomic mass is 9.81. The molecule has 0 radical (unpaired) electrons. The van der Waals surface area contributed by atoms with Crippen molar-refractivity contribution in [1.29, 1.82) is 0 Å². The lowest BCUT2D eigenvalue weighted by Crippen LogP contribution is -2.67. The van der Waals surface area contributed by atoms with Crippen molar-refractivity contribution in [3.8, 4) is 0 Å². The highest BCUT2D eigenvalue weighted by molar-refractivity contribution is 5.76.